The Morgan fingerprint density at radius 1 is 1.53 bits per heavy atom. The second-order valence-corrected chi connectivity index (χ2v) is 6.18. The average molecular weight is 325 g/mol. The number of hydrogen-bond donors (Lipinski definition) is 2. The molecule has 1 aromatic carbocycles. The van der Waals surface area contributed by atoms with Crippen LogP contribution in [-0.2, 0) is 4.79 Å². The minimum absolute atomic E-state index is 0.153. The molecule has 0 radical (unpaired) electrons. The zero-order valence-corrected chi connectivity index (χ0v) is 13.1. The molecular formula is C15H21BrN2O. The fourth-order valence-electron chi connectivity index (χ4n) is 2.74. The zero-order valence-electron chi connectivity index (χ0n) is 11.6. The minimum atomic E-state index is -0.233. The standard InChI is InChI=1S/C15H21BrN2O/c1-3-7-15(8-9-17-10-15)14(19)18-13-6-4-5-12(16)11(13)2/h4-6,17H,3,7-10H2,1-2H3,(H,18,19). The summed E-state index contributed by atoms with van der Waals surface area (Å²) in [4.78, 5) is 12.6. The smallest absolute Gasteiger partial charge is 0.231 e. The SMILES string of the molecule is CCCC1(C(=O)Nc2cccc(Br)c2C)CCNC1. The van der Waals surface area contributed by atoms with Crippen LogP contribution < -0.4 is 10.6 Å². The molecule has 2 N–H and O–H groups in total. The van der Waals surface area contributed by atoms with E-state index in [1.807, 2.05) is 25.1 Å². The highest BCUT2D eigenvalue weighted by Gasteiger charge is 2.40. The lowest BCUT2D eigenvalue weighted by molar-refractivity contribution is -0.125. The van der Waals surface area contributed by atoms with E-state index >= 15 is 0 Å². The van der Waals surface area contributed by atoms with Gasteiger partial charge in [-0.15, -0.1) is 0 Å². The largest absolute Gasteiger partial charge is 0.325 e. The van der Waals surface area contributed by atoms with Crippen molar-refractivity contribution < 1.29 is 4.79 Å². The van der Waals surface area contributed by atoms with Gasteiger partial charge in [0.25, 0.3) is 0 Å². The van der Waals surface area contributed by atoms with Crippen molar-refractivity contribution in [3.8, 4) is 0 Å². The molecule has 1 amide bonds. The third-order valence-corrected chi connectivity index (χ3v) is 4.83. The van der Waals surface area contributed by atoms with Crippen LogP contribution in [0.2, 0.25) is 0 Å². The quantitative estimate of drug-likeness (QED) is 0.890. The maximum absolute atomic E-state index is 12.6. The van der Waals surface area contributed by atoms with E-state index in [4.69, 9.17) is 0 Å². The number of nitrogens with one attached hydrogen (secondary N) is 2. The van der Waals surface area contributed by atoms with Crippen molar-refractivity contribution >= 4 is 27.5 Å². The van der Waals surface area contributed by atoms with E-state index in [1.54, 1.807) is 0 Å². The van der Waals surface area contributed by atoms with Crippen LogP contribution in [-0.4, -0.2) is 19.0 Å². The average Bonchev–Trinajstić information content (AvgIpc) is 2.85. The molecule has 1 aliphatic rings. The number of carbonyl (C=O) groups is 1. The molecule has 1 unspecified atom stereocenters. The van der Waals surface area contributed by atoms with Crippen molar-refractivity contribution in [2.24, 2.45) is 5.41 Å². The summed E-state index contributed by atoms with van der Waals surface area (Å²) in [7, 11) is 0. The normalized spacial score (nSPS) is 22.5. The molecule has 104 valence electrons. The summed E-state index contributed by atoms with van der Waals surface area (Å²) in [5.41, 5.74) is 1.75. The highest BCUT2D eigenvalue weighted by molar-refractivity contribution is 9.10. The first-order valence-corrected chi connectivity index (χ1v) is 7.65. The van der Waals surface area contributed by atoms with Gasteiger partial charge >= 0.3 is 0 Å². The summed E-state index contributed by atoms with van der Waals surface area (Å²) in [6.45, 7) is 5.88. The lowest BCUT2D eigenvalue weighted by Gasteiger charge is -2.27. The monoisotopic (exact) mass is 324 g/mol. The van der Waals surface area contributed by atoms with Gasteiger partial charge in [-0.1, -0.05) is 35.3 Å². The molecule has 1 saturated heterocycles. The Balaban J connectivity index is 2.17. The molecule has 1 atom stereocenters. The maximum Gasteiger partial charge on any atom is 0.231 e. The Hall–Kier alpha value is -0.870. The number of hydrogen-bond acceptors (Lipinski definition) is 2. The van der Waals surface area contributed by atoms with Gasteiger partial charge < -0.3 is 10.6 Å². The number of anilines is 1. The number of amides is 1. The van der Waals surface area contributed by atoms with Gasteiger partial charge in [-0.2, -0.15) is 0 Å². The highest BCUT2D eigenvalue weighted by Crippen LogP contribution is 2.33. The third kappa shape index (κ3) is 3.00. The summed E-state index contributed by atoms with van der Waals surface area (Å²) in [6.07, 6.45) is 2.91. The summed E-state index contributed by atoms with van der Waals surface area (Å²) < 4.78 is 1.03. The molecule has 0 saturated carbocycles. The molecule has 0 aliphatic carbocycles. The fraction of sp³-hybridized carbons (Fsp3) is 0.533. The topological polar surface area (TPSA) is 41.1 Å². The van der Waals surface area contributed by atoms with Gasteiger partial charge in [-0.05, 0) is 44.0 Å². The summed E-state index contributed by atoms with van der Waals surface area (Å²) >= 11 is 3.50. The molecule has 1 aromatic rings. The first kappa shape index (κ1) is 14.5. The van der Waals surface area contributed by atoms with Crippen molar-refractivity contribution in [2.45, 2.75) is 33.1 Å². The van der Waals surface area contributed by atoms with E-state index in [-0.39, 0.29) is 11.3 Å². The van der Waals surface area contributed by atoms with E-state index in [0.29, 0.717) is 0 Å². The summed E-state index contributed by atoms with van der Waals surface area (Å²) in [5.74, 6) is 0.153. The van der Waals surface area contributed by atoms with Crippen molar-refractivity contribution in [2.75, 3.05) is 18.4 Å². The zero-order chi connectivity index (χ0) is 13.9. The van der Waals surface area contributed by atoms with Gasteiger partial charge in [0, 0.05) is 16.7 Å². The lowest BCUT2D eigenvalue weighted by Crippen LogP contribution is -2.38. The van der Waals surface area contributed by atoms with E-state index in [9.17, 15) is 4.79 Å². The number of rotatable bonds is 4. The van der Waals surface area contributed by atoms with Crippen LogP contribution in [0, 0.1) is 12.3 Å². The fourth-order valence-corrected chi connectivity index (χ4v) is 3.11. The third-order valence-electron chi connectivity index (χ3n) is 3.97. The Morgan fingerprint density at radius 3 is 2.95 bits per heavy atom. The van der Waals surface area contributed by atoms with Crippen molar-refractivity contribution in [1.82, 2.24) is 5.32 Å². The van der Waals surface area contributed by atoms with Gasteiger partial charge in [0.15, 0.2) is 0 Å². The van der Waals surface area contributed by atoms with Crippen LogP contribution in [0.4, 0.5) is 5.69 Å². The van der Waals surface area contributed by atoms with E-state index in [0.717, 1.165) is 48.1 Å². The molecule has 0 aromatic heterocycles. The van der Waals surface area contributed by atoms with E-state index < -0.39 is 0 Å². The maximum atomic E-state index is 12.6. The van der Waals surface area contributed by atoms with Crippen LogP contribution >= 0.6 is 15.9 Å². The number of carbonyl (C=O) groups excluding carboxylic acids is 1. The molecule has 1 aliphatic heterocycles. The Morgan fingerprint density at radius 2 is 2.32 bits per heavy atom. The molecular weight excluding hydrogens is 304 g/mol. The van der Waals surface area contributed by atoms with Crippen LogP contribution in [0.15, 0.2) is 22.7 Å². The van der Waals surface area contributed by atoms with Gasteiger partial charge in [0.1, 0.15) is 0 Å². The Labute approximate surface area is 123 Å². The number of halogens is 1. The predicted octanol–water partition coefficient (Wildman–Crippen LogP) is 3.48. The molecule has 19 heavy (non-hydrogen) atoms. The van der Waals surface area contributed by atoms with Gasteiger partial charge in [0.05, 0.1) is 5.41 Å². The van der Waals surface area contributed by atoms with Gasteiger partial charge in [-0.25, -0.2) is 0 Å². The minimum Gasteiger partial charge on any atom is -0.325 e. The number of benzene rings is 1. The van der Waals surface area contributed by atoms with Crippen LogP contribution in [0.1, 0.15) is 31.7 Å². The summed E-state index contributed by atoms with van der Waals surface area (Å²) in [5, 5.41) is 6.43. The molecule has 2 rings (SSSR count). The molecule has 1 heterocycles. The Kier molecular flexibility index (Phi) is 4.63. The predicted molar refractivity (Wildman–Crippen MR) is 82.3 cm³/mol. The van der Waals surface area contributed by atoms with E-state index in [2.05, 4.69) is 33.5 Å². The van der Waals surface area contributed by atoms with E-state index in [1.165, 1.54) is 0 Å². The second kappa shape index (κ2) is 6.06. The van der Waals surface area contributed by atoms with Crippen LogP contribution in [0.25, 0.3) is 0 Å². The first-order valence-electron chi connectivity index (χ1n) is 6.86. The molecule has 0 spiro atoms. The molecule has 4 heteroatoms. The van der Waals surface area contributed by atoms with Crippen LogP contribution in [0.3, 0.4) is 0 Å². The van der Waals surface area contributed by atoms with Gasteiger partial charge in [-0.3, -0.25) is 4.79 Å². The molecule has 0 bridgehead atoms. The molecule has 3 nitrogen and oxygen atoms in total. The van der Waals surface area contributed by atoms with Gasteiger partial charge in [0.2, 0.25) is 5.91 Å². The molecule has 1 fully saturated rings. The highest BCUT2D eigenvalue weighted by atomic mass is 79.9. The first-order chi connectivity index (χ1) is 9.09. The lowest BCUT2D eigenvalue weighted by atomic mass is 9.81. The van der Waals surface area contributed by atoms with Crippen molar-refractivity contribution in [3.05, 3.63) is 28.2 Å². The summed E-state index contributed by atoms with van der Waals surface area (Å²) in [6, 6.07) is 5.90. The van der Waals surface area contributed by atoms with Crippen molar-refractivity contribution in [3.63, 3.8) is 0 Å². The van der Waals surface area contributed by atoms with Crippen LogP contribution in [0.5, 0.6) is 0 Å². The van der Waals surface area contributed by atoms with Crippen molar-refractivity contribution in [1.29, 1.82) is 0 Å². The Bertz CT molecular complexity index is 467. The second-order valence-electron chi connectivity index (χ2n) is 5.32.